The number of carboxylic acid groups (broad SMARTS) is 1. The van der Waals surface area contributed by atoms with E-state index in [0.29, 0.717) is 11.7 Å². The third-order valence-electron chi connectivity index (χ3n) is 3.27. The van der Waals surface area contributed by atoms with Crippen LogP contribution in [0.25, 0.3) is 0 Å². The van der Waals surface area contributed by atoms with E-state index >= 15 is 0 Å². The van der Waals surface area contributed by atoms with Crippen LogP contribution in [0.3, 0.4) is 0 Å². The van der Waals surface area contributed by atoms with Gasteiger partial charge >= 0.3 is 11.8 Å². The normalized spacial score (nSPS) is 12.6. The first-order valence-electron chi connectivity index (χ1n) is 6.38. The topological polar surface area (TPSA) is 46.1 Å². The van der Waals surface area contributed by atoms with E-state index in [2.05, 4.69) is 13.8 Å². The standard InChI is InChI=1S/C13H22N2O2/c1-4-6-7-11(5-2)10-15-9-8-14(3)12(15)13(16)17/h8-9,11H,4-7,10H2,1-3H3/p+1. The Morgan fingerprint density at radius 3 is 2.76 bits per heavy atom. The summed E-state index contributed by atoms with van der Waals surface area (Å²) in [6, 6.07) is 0. The van der Waals surface area contributed by atoms with Crippen molar-refractivity contribution >= 4 is 5.97 Å². The van der Waals surface area contributed by atoms with Gasteiger partial charge in [0, 0.05) is 0 Å². The van der Waals surface area contributed by atoms with Crippen LogP contribution in [0.4, 0.5) is 0 Å². The molecule has 17 heavy (non-hydrogen) atoms. The van der Waals surface area contributed by atoms with Gasteiger partial charge in [0.2, 0.25) is 0 Å². The fourth-order valence-corrected chi connectivity index (χ4v) is 2.14. The van der Waals surface area contributed by atoms with Crippen molar-refractivity contribution in [1.29, 1.82) is 0 Å². The minimum atomic E-state index is -0.858. The fraction of sp³-hybridized carbons (Fsp3) is 0.692. The van der Waals surface area contributed by atoms with Crippen LogP contribution in [0.5, 0.6) is 0 Å². The van der Waals surface area contributed by atoms with Gasteiger partial charge in [-0.1, -0.05) is 26.7 Å². The Balaban J connectivity index is 2.75. The molecule has 1 heterocycles. The second kappa shape index (κ2) is 6.42. The molecule has 0 radical (unpaired) electrons. The summed E-state index contributed by atoms with van der Waals surface area (Å²) in [6.07, 6.45) is 8.35. The summed E-state index contributed by atoms with van der Waals surface area (Å²) in [6.45, 7) is 5.16. The molecular formula is C13H23N2O2+. The van der Waals surface area contributed by atoms with Gasteiger partial charge < -0.3 is 5.11 Å². The van der Waals surface area contributed by atoms with Crippen LogP contribution in [0.1, 0.15) is 50.1 Å². The summed E-state index contributed by atoms with van der Waals surface area (Å²) >= 11 is 0. The van der Waals surface area contributed by atoms with E-state index in [4.69, 9.17) is 5.11 Å². The van der Waals surface area contributed by atoms with Crippen LogP contribution < -0.4 is 4.57 Å². The average Bonchev–Trinajstić information content (AvgIpc) is 2.65. The third-order valence-corrected chi connectivity index (χ3v) is 3.27. The lowest BCUT2D eigenvalue weighted by Gasteiger charge is -2.12. The lowest BCUT2D eigenvalue weighted by molar-refractivity contribution is -0.673. The number of aromatic nitrogens is 2. The van der Waals surface area contributed by atoms with Crippen molar-refractivity contribution in [1.82, 2.24) is 4.57 Å². The number of nitrogens with zero attached hydrogens (tertiary/aromatic N) is 2. The molecule has 1 aromatic heterocycles. The number of aromatic carboxylic acids is 1. The Labute approximate surface area is 103 Å². The van der Waals surface area contributed by atoms with Gasteiger partial charge in [-0.05, 0) is 18.8 Å². The highest BCUT2D eigenvalue weighted by molar-refractivity contribution is 5.81. The molecule has 1 N–H and O–H groups in total. The molecule has 1 aromatic rings. The van der Waals surface area contributed by atoms with Crippen molar-refractivity contribution in [2.24, 2.45) is 13.0 Å². The Morgan fingerprint density at radius 2 is 2.24 bits per heavy atom. The van der Waals surface area contributed by atoms with Crippen molar-refractivity contribution in [3.05, 3.63) is 18.2 Å². The van der Waals surface area contributed by atoms with E-state index in [1.54, 1.807) is 17.8 Å². The van der Waals surface area contributed by atoms with Gasteiger partial charge in [-0.3, -0.25) is 0 Å². The van der Waals surface area contributed by atoms with E-state index in [1.807, 2.05) is 10.8 Å². The molecule has 1 atom stereocenters. The van der Waals surface area contributed by atoms with Gasteiger partial charge in [-0.25, -0.2) is 13.9 Å². The van der Waals surface area contributed by atoms with Crippen molar-refractivity contribution in [2.45, 2.75) is 46.1 Å². The maximum Gasteiger partial charge on any atom is 0.419 e. The minimum absolute atomic E-state index is 0.361. The smallest absolute Gasteiger partial charge is 0.419 e. The molecule has 0 spiro atoms. The third kappa shape index (κ3) is 3.58. The van der Waals surface area contributed by atoms with Gasteiger partial charge in [0.05, 0.1) is 13.6 Å². The van der Waals surface area contributed by atoms with Gasteiger partial charge in [-0.2, -0.15) is 0 Å². The van der Waals surface area contributed by atoms with Crippen molar-refractivity contribution in [2.75, 3.05) is 0 Å². The van der Waals surface area contributed by atoms with Crippen molar-refractivity contribution < 1.29 is 14.5 Å². The molecule has 0 aromatic carbocycles. The molecule has 0 aliphatic rings. The van der Waals surface area contributed by atoms with Crippen molar-refractivity contribution in [3.63, 3.8) is 0 Å². The van der Waals surface area contributed by atoms with Crippen molar-refractivity contribution in [3.8, 4) is 0 Å². The number of imidazole rings is 1. The average molecular weight is 239 g/mol. The molecule has 4 heteroatoms. The summed E-state index contributed by atoms with van der Waals surface area (Å²) in [4.78, 5) is 11.1. The summed E-state index contributed by atoms with van der Waals surface area (Å²) < 4.78 is 3.51. The van der Waals surface area contributed by atoms with Crippen LogP contribution in [-0.4, -0.2) is 15.6 Å². The number of unbranched alkanes of at least 4 members (excludes halogenated alkanes) is 1. The maximum atomic E-state index is 11.1. The van der Waals surface area contributed by atoms with Crippen LogP contribution in [-0.2, 0) is 13.6 Å². The molecule has 0 saturated carbocycles. The predicted molar refractivity (Wildman–Crippen MR) is 65.9 cm³/mol. The maximum absolute atomic E-state index is 11.1. The van der Waals surface area contributed by atoms with Crippen LogP contribution in [0, 0.1) is 5.92 Å². The first kappa shape index (κ1) is 13.7. The van der Waals surface area contributed by atoms with Gasteiger partial charge in [0.1, 0.15) is 12.4 Å². The molecule has 1 rings (SSSR count). The number of carbonyl (C=O) groups is 1. The molecule has 96 valence electrons. The quantitative estimate of drug-likeness (QED) is 0.742. The lowest BCUT2D eigenvalue weighted by Crippen LogP contribution is -2.35. The molecule has 0 aliphatic carbocycles. The van der Waals surface area contributed by atoms with E-state index in [9.17, 15) is 4.79 Å². The summed E-state index contributed by atoms with van der Waals surface area (Å²) in [5.74, 6) is 0.0724. The molecule has 0 fully saturated rings. The molecule has 4 nitrogen and oxygen atoms in total. The Kier molecular flexibility index (Phi) is 5.19. The first-order valence-corrected chi connectivity index (χ1v) is 6.38. The highest BCUT2D eigenvalue weighted by Crippen LogP contribution is 2.15. The van der Waals surface area contributed by atoms with Gasteiger partial charge in [0.25, 0.3) is 0 Å². The zero-order chi connectivity index (χ0) is 12.8. The molecule has 0 bridgehead atoms. The number of aryl methyl sites for hydroxylation is 1. The Bertz CT molecular complexity index is 371. The van der Waals surface area contributed by atoms with Crippen LogP contribution in [0.15, 0.2) is 12.4 Å². The fourth-order valence-electron chi connectivity index (χ4n) is 2.14. The van der Waals surface area contributed by atoms with E-state index < -0.39 is 5.97 Å². The van der Waals surface area contributed by atoms with Crippen LogP contribution in [0.2, 0.25) is 0 Å². The van der Waals surface area contributed by atoms with E-state index in [0.717, 1.165) is 13.0 Å². The first-order chi connectivity index (χ1) is 8.10. The Morgan fingerprint density at radius 1 is 1.53 bits per heavy atom. The second-order valence-electron chi connectivity index (χ2n) is 4.61. The molecule has 1 unspecified atom stereocenters. The number of hydrogen-bond acceptors (Lipinski definition) is 1. The highest BCUT2D eigenvalue weighted by Gasteiger charge is 2.24. The van der Waals surface area contributed by atoms with Gasteiger partial charge in [-0.15, -0.1) is 0 Å². The zero-order valence-corrected chi connectivity index (χ0v) is 11.0. The molecular weight excluding hydrogens is 216 g/mol. The van der Waals surface area contributed by atoms with E-state index in [1.165, 1.54) is 19.3 Å². The predicted octanol–water partition coefficient (Wildman–Crippen LogP) is 2.23. The zero-order valence-electron chi connectivity index (χ0n) is 11.0. The van der Waals surface area contributed by atoms with Crippen LogP contribution >= 0.6 is 0 Å². The molecule has 0 saturated heterocycles. The molecule has 0 aliphatic heterocycles. The van der Waals surface area contributed by atoms with Gasteiger partial charge in [0.15, 0.2) is 0 Å². The summed E-state index contributed by atoms with van der Waals surface area (Å²) in [5, 5.41) is 9.16. The second-order valence-corrected chi connectivity index (χ2v) is 4.61. The minimum Gasteiger partial charge on any atom is -0.472 e. The number of carboxylic acids is 1. The Hall–Kier alpha value is -1.32. The largest absolute Gasteiger partial charge is 0.472 e. The number of hydrogen-bond donors (Lipinski definition) is 1. The highest BCUT2D eigenvalue weighted by atomic mass is 16.4. The lowest BCUT2D eigenvalue weighted by atomic mass is 9.99. The summed E-state index contributed by atoms with van der Waals surface area (Å²) in [5.41, 5.74) is 0. The van der Waals surface area contributed by atoms with E-state index in [-0.39, 0.29) is 0 Å². The SMILES string of the molecule is CCCCC(CC)Cn1cc[n+](C)c1C(=O)O. The summed E-state index contributed by atoms with van der Waals surface area (Å²) in [7, 11) is 1.77. The molecule has 0 amide bonds. The monoisotopic (exact) mass is 239 g/mol. The number of rotatable bonds is 7.